The molecule has 0 saturated carbocycles. The minimum Gasteiger partial charge on any atom is -0.494 e. The van der Waals surface area contributed by atoms with Gasteiger partial charge in [0.1, 0.15) is 11.3 Å². The molecule has 1 saturated heterocycles. The molecular formula is C24H31N3O5S. The summed E-state index contributed by atoms with van der Waals surface area (Å²) < 4.78 is 31.3. The number of para-hydroxylation sites is 1. The summed E-state index contributed by atoms with van der Waals surface area (Å²) in [6, 6.07) is 15.1. The van der Waals surface area contributed by atoms with Crippen LogP contribution in [0.15, 0.2) is 48.5 Å². The van der Waals surface area contributed by atoms with Crippen molar-refractivity contribution < 1.29 is 22.7 Å². The zero-order valence-electron chi connectivity index (χ0n) is 19.5. The molecule has 1 atom stereocenters. The molecule has 0 unspecified atom stereocenters. The Bertz CT molecular complexity index is 1120. The van der Waals surface area contributed by atoms with Crippen LogP contribution in [0.25, 0.3) is 0 Å². The highest BCUT2D eigenvalue weighted by molar-refractivity contribution is 7.88. The summed E-state index contributed by atoms with van der Waals surface area (Å²) in [6.45, 7) is 5.87. The maximum Gasteiger partial charge on any atom is 0.247 e. The summed E-state index contributed by atoms with van der Waals surface area (Å²) in [5.74, 6) is -0.231. The molecule has 0 aromatic heterocycles. The van der Waals surface area contributed by atoms with Crippen LogP contribution < -0.4 is 10.1 Å². The van der Waals surface area contributed by atoms with Crippen LogP contribution >= 0.6 is 0 Å². The second-order valence-corrected chi connectivity index (χ2v) is 10.5. The predicted octanol–water partition coefficient (Wildman–Crippen LogP) is 2.07. The number of carbonyl (C=O) groups excluding carboxylic acids is 2. The number of amides is 2. The number of piperazine rings is 1. The fourth-order valence-corrected chi connectivity index (χ4v) is 4.70. The number of aryl methyl sites for hydroxylation is 1. The topological polar surface area (TPSA) is 96.0 Å². The smallest absolute Gasteiger partial charge is 0.247 e. The van der Waals surface area contributed by atoms with Crippen LogP contribution in [0.2, 0.25) is 0 Å². The lowest BCUT2D eigenvalue weighted by atomic mass is 9.94. The molecule has 8 nitrogen and oxygen atoms in total. The number of nitrogens with one attached hydrogen (secondary N) is 1. The van der Waals surface area contributed by atoms with Gasteiger partial charge in [-0.05, 0) is 32.4 Å². The van der Waals surface area contributed by atoms with Crippen LogP contribution in [0, 0.1) is 6.92 Å². The van der Waals surface area contributed by atoms with Gasteiger partial charge >= 0.3 is 0 Å². The monoisotopic (exact) mass is 473 g/mol. The summed E-state index contributed by atoms with van der Waals surface area (Å²) in [4.78, 5) is 28.0. The van der Waals surface area contributed by atoms with Crippen molar-refractivity contribution in [2.45, 2.75) is 39.4 Å². The molecule has 0 radical (unpaired) electrons. The molecule has 2 aromatic rings. The van der Waals surface area contributed by atoms with Gasteiger partial charge in [-0.3, -0.25) is 9.59 Å². The average Bonchev–Trinajstić information content (AvgIpc) is 2.76. The van der Waals surface area contributed by atoms with Gasteiger partial charge in [0.2, 0.25) is 21.8 Å². The number of nitrogens with zero attached hydrogens (tertiary/aromatic N) is 2. The zero-order valence-corrected chi connectivity index (χ0v) is 20.3. The molecule has 33 heavy (non-hydrogen) atoms. The van der Waals surface area contributed by atoms with E-state index in [-0.39, 0.29) is 26.2 Å². The highest BCUT2D eigenvalue weighted by Crippen LogP contribution is 2.29. The minimum absolute atomic E-state index is 0.126. The second-order valence-electron chi connectivity index (χ2n) is 8.49. The van der Waals surface area contributed by atoms with Crippen molar-refractivity contribution >= 4 is 21.8 Å². The van der Waals surface area contributed by atoms with Crippen molar-refractivity contribution in [3.8, 4) is 5.75 Å². The number of rotatable bonds is 8. The summed E-state index contributed by atoms with van der Waals surface area (Å²) in [6.07, 6.45) is 1.05. The van der Waals surface area contributed by atoms with Crippen molar-refractivity contribution in [2.75, 3.05) is 26.0 Å². The van der Waals surface area contributed by atoms with Crippen molar-refractivity contribution in [3.05, 3.63) is 65.2 Å². The van der Waals surface area contributed by atoms with E-state index >= 15 is 0 Å². The molecule has 0 bridgehead atoms. The molecular weight excluding hydrogens is 442 g/mol. The summed E-state index contributed by atoms with van der Waals surface area (Å²) in [5.41, 5.74) is 1.37. The normalized spacial score (nSPS) is 19.4. The fourth-order valence-electron chi connectivity index (χ4n) is 3.87. The van der Waals surface area contributed by atoms with E-state index in [9.17, 15) is 18.0 Å². The van der Waals surface area contributed by atoms with E-state index in [1.807, 2.05) is 62.4 Å². The Kier molecular flexibility index (Phi) is 7.44. The molecule has 9 heteroatoms. The molecule has 2 aromatic carbocycles. The van der Waals surface area contributed by atoms with Crippen molar-refractivity contribution in [3.63, 3.8) is 0 Å². The Labute approximate surface area is 195 Å². The highest BCUT2D eigenvalue weighted by atomic mass is 32.2. The molecule has 2 amide bonds. The Morgan fingerprint density at radius 2 is 1.82 bits per heavy atom. The maximum atomic E-state index is 13.4. The first-order valence-electron chi connectivity index (χ1n) is 10.8. The van der Waals surface area contributed by atoms with Gasteiger partial charge in [-0.15, -0.1) is 0 Å². The summed E-state index contributed by atoms with van der Waals surface area (Å²) in [5, 5.41) is 2.89. The lowest BCUT2D eigenvalue weighted by Gasteiger charge is -2.46. The van der Waals surface area contributed by atoms with Crippen LogP contribution in [0.1, 0.15) is 30.5 Å². The first-order valence-corrected chi connectivity index (χ1v) is 12.7. The molecule has 3 rings (SSSR count). The largest absolute Gasteiger partial charge is 0.494 e. The summed E-state index contributed by atoms with van der Waals surface area (Å²) >= 11 is 0. The van der Waals surface area contributed by atoms with E-state index in [0.29, 0.717) is 12.4 Å². The Hall–Kier alpha value is -2.91. The Morgan fingerprint density at radius 1 is 1.15 bits per heavy atom. The maximum absolute atomic E-state index is 13.4. The zero-order chi connectivity index (χ0) is 24.2. The van der Waals surface area contributed by atoms with Gasteiger partial charge in [0.15, 0.2) is 0 Å². The molecule has 0 spiro atoms. The molecule has 178 valence electrons. The van der Waals surface area contributed by atoms with E-state index in [0.717, 1.165) is 27.3 Å². The number of benzene rings is 2. The first kappa shape index (κ1) is 24.7. The van der Waals surface area contributed by atoms with Gasteiger partial charge < -0.3 is 15.0 Å². The van der Waals surface area contributed by atoms with Crippen LogP contribution in [-0.4, -0.2) is 60.9 Å². The van der Waals surface area contributed by atoms with Gasteiger partial charge in [0.05, 0.1) is 26.0 Å². The first-order chi connectivity index (χ1) is 15.5. The van der Waals surface area contributed by atoms with Gasteiger partial charge in [-0.25, -0.2) is 8.42 Å². The number of ether oxygens (including phenoxy) is 1. The van der Waals surface area contributed by atoms with Gasteiger partial charge in [-0.1, -0.05) is 48.0 Å². The molecule has 1 aliphatic rings. The minimum atomic E-state index is -3.67. The van der Waals surface area contributed by atoms with E-state index in [1.165, 1.54) is 4.90 Å². The predicted molar refractivity (Wildman–Crippen MR) is 126 cm³/mol. The van der Waals surface area contributed by atoms with Crippen LogP contribution in [0.4, 0.5) is 0 Å². The van der Waals surface area contributed by atoms with Crippen LogP contribution in [0.3, 0.4) is 0 Å². The van der Waals surface area contributed by atoms with E-state index in [1.54, 1.807) is 6.92 Å². The van der Waals surface area contributed by atoms with E-state index in [4.69, 9.17) is 4.74 Å². The quantitative estimate of drug-likeness (QED) is 0.633. The number of hydrogen-bond donors (Lipinski definition) is 1. The third-order valence-corrected chi connectivity index (χ3v) is 7.02. The lowest BCUT2D eigenvalue weighted by Crippen LogP contribution is -2.69. The SMILES string of the molecule is CCOc1ccccc1CN1C(=O)CN(S(C)(=O)=O)C[C@]1(C)C(=O)NCc1ccc(C)cc1. The van der Waals surface area contributed by atoms with Crippen LogP contribution in [0.5, 0.6) is 5.75 Å². The van der Waals surface area contributed by atoms with E-state index < -0.39 is 27.4 Å². The molecule has 1 N–H and O–H groups in total. The lowest BCUT2D eigenvalue weighted by molar-refractivity contribution is -0.153. The molecule has 1 fully saturated rings. The van der Waals surface area contributed by atoms with Gasteiger partial charge in [0.25, 0.3) is 0 Å². The van der Waals surface area contributed by atoms with Crippen molar-refractivity contribution in [1.82, 2.24) is 14.5 Å². The third kappa shape index (κ3) is 5.72. The average molecular weight is 474 g/mol. The van der Waals surface area contributed by atoms with Crippen molar-refractivity contribution in [1.29, 1.82) is 0 Å². The summed E-state index contributed by atoms with van der Waals surface area (Å²) in [7, 11) is -3.67. The second kappa shape index (κ2) is 9.93. The highest BCUT2D eigenvalue weighted by Gasteiger charge is 2.49. The van der Waals surface area contributed by atoms with Crippen molar-refractivity contribution in [2.24, 2.45) is 0 Å². The number of carbonyl (C=O) groups is 2. The van der Waals surface area contributed by atoms with E-state index in [2.05, 4.69) is 5.32 Å². The molecule has 1 heterocycles. The standard InChI is InChI=1S/C24H31N3O5S/c1-5-32-21-9-7-6-8-20(21)15-27-22(28)16-26(33(4,30)31)17-24(27,3)23(29)25-14-19-12-10-18(2)11-13-19/h6-13H,5,14-17H2,1-4H3,(H,25,29)/t24-/m1/s1. The van der Waals surface area contributed by atoms with Gasteiger partial charge in [-0.2, -0.15) is 4.31 Å². The Morgan fingerprint density at radius 3 is 2.45 bits per heavy atom. The number of sulfonamides is 1. The van der Waals surface area contributed by atoms with Gasteiger partial charge in [0, 0.05) is 18.7 Å². The molecule has 1 aliphatic heterocycles. The Balaban J connectivity index is 1.91. The van der Waals surface area contributed by atoms with Crippen LogP contribution in [-0.2, 0) is 32.7 Å². The number of hydrogen-bond acceptors (Lipinski definition) is 5. The fraction of sp³-hybridized carbons (Fsp3) is 0.417. The third-order valence-electron chi connectivity index (χ3n) is 5.83. The molecule has 0 aliphatic carbocycles.